The lowest BCUT2D eigenvalue weighted by Crippen LogP contribution is -2.30. The summed E-state index contributed by atoms with van der Waals surface area (Å²) in [6, 6.07) is 0. The topological polar surface area (TPSA) is 102 Å². The molecule has 0 fully saturated rings. The van der Waals surface area contributed by atoms with Crippen molar-refractivity contribution in [3.8, 4) is 0 Å². The number of esters is 1. The van der Waals surface area contributed by atoms with Gasteiger partial charge in [-0.1, -0.05) is 6.58 Å². The fraction of sp³-hybridized carbons (Fsp3) is 0.700. The molecular weight excluding hydrogens is 302 g/mol. The van der Waals surface area contributed by atoms with E-state index >= 15 is 0 Å². The first-order valence-electron chi connectivity index (χ1n) is 5.45. The molecule has 0 aromatic heterocycles. The van der Waals surface area contributed by atoms with Gasteiger partial charge >= 0.3 is 11.2 Å². The van der Waals surface area contributed by atoms with E-state index in [1.807, 2.05) is 0 Å². The Bertz CT molecular complexity index is 433. The number of halogens is 2. The molecule has 0 atom stereocenters. The van der Waals surface area contributed by atoms with E-state index < -0.39 is 41.0 Å². The van der Waals surface area contributed by atoms with E-state index in [2.05, 4.69) is 16.1 Å². The minimum Gasteiger partial charge on any atom is -0.743 e. The molecule has 118 valence electrons. The van der Waals surface area contributed by atoms with Gasteiger partial charge in [-0.25, -0.2) is 13.2 Å². The molecular formula is C10H15F2O7S-. The normalized spacial score (nSPS) is 12.2. The molecule has 0 saturated carbocycles. The van der Waals surface area contributed by atoms with Gasteiger partial charge in [-0.3, -0.25) is 0 Å². The first-order chi connectivity index (χ1) is 9.12. The Balaban J connectivity index is 3.96. The third kappa shape index (κ3) is 6.89. The number of ether oxygens (including phenoxy) is 3. The van der Waals surface area contributed by atoms with E-state index in [4.69, 9.17) is 4.74 Å². The molecule has 0 aliphatic rings. The van der Waals surface area contributed by atoms with Gasteiger partial charge in [0.25, 0.3) is 0 Å². The molecule has 0 unspecified atom stereocenters. The first-order valence-corrected chi connectivity index (χ1v) is 6.86. The maximum absolute atomic E-state index is 12.7. The number of hydrogen-bond acceptors (Lipinski definition) is 7. The van der Waals surface area contributed by atoms with Gasteiger partial charge < -0.3 is 18.8 Å². The van der Waals surface area contributed by atoms with Crippen molar-refractivity contribution >= 4 is 16.1 Å². The molecule has 0 saturated heterocycles. The van der Waals surface area contributed by atoms with Gasteiger partial charge in [0.1, 0.15) is 0 Å². The molecule has 7 nitrogen and oxygen atoms in total. The van der Waals surface area contributed by atoms with Gasteiger partial charge in [0.15, 0.2) is 16.9 Å². The molecule has 0 aliphatic carbocycles. The van der Waals surface area contributed by atoms with E-state index in [1.165, 1.54) is 0 Å². The second-order valence-electron chi connectivity index (χ2n) is 3.54. The highest BCUT2D eigenvalue weighted by Gasteiger charge is 2.36. The summed E-state index contributed by atoms with van der Waals surface area (Å²) in [7, 11) is -5.73. The van der Waals surface area contributed by atoms with E-state index in [-0.39, 0.29) is 12.4 Å². The minimum absolute atomic E-state index is 0.155. The monoisotopic (exact) mass is 317 g/mol. The van der Waals surface area contributed by atoms with Crippen LogP contribution in [0.3, 0.4) is 0 Å². The highest BCUT2D eigenvalue weighted by atomic mass is 32.2. The van der Waals surface area contributed by atoms with Gasteiger partial charge in [0.05, 0.1) is 18.8 Å². The van der Waals surface area contributed by atoms with Gasteiger partial charge in [-0.05, 0) is 6.92 Å². The summed E-state index contributed by atoms with van der Waals surface area (Å²) in [6.07, 6.45) is -1.31. The highest BCUT2D eigenvalue weighted by Crippen LogP contribution is 2.24. The van der Waals surface area contributed by atoms with Crippen LogP contribution in [0.4, 0.5) is 8.78 Å². The largest absolute Gasteiger partial charge is 0.743 e. The molecule has 0 heterocycles. The average Bonchev–Trinajstić information content (AvgIpc) is 2.33. The summed E-state index contributed by atoms with van der Waals surface area (Å²) < 4.78 is 69.9. The van der Waals surface area contributed by atoms with Crippen LogP contribution in [-0.4, -0.2) is 50.8 Å². The molecule has 0 N–H and O–H groups in total. The van der Waals surface area contributed by atoms with Crippen LogP contribution in [0.2, 0.25) is 0 Å². The SMILES string of the molecule is C=C(COCCC(F)(F)S(=O)(=O)[O-])C(=O)OCOCC. The zero-order valence-corrected chi connectivity index (χ0v) is 11.6. The van der Waals surface area contributed by atoms with E-state index in [0.29, 0.717) is 6.61 Å². The molecule has 0 aromatic carbocycles. The van der Waals surface area contributed by atoms with Crippen molar-refractivity contribution in [3.05, 3.63) is 12.2 Å². The summed E-state index contributed by atoms with van der Waals surface area (Å²) in [5.74, 6) is -0.832. The van der Waals surface area contributed by atoms with E-state index in [9.17, 15) is 26.5 Å². The standard InChI is InChI=1S/C10H16F2O7S/c1-3-17-7-19-9(13)8(2)6-18-5-4-10(11,12)20(14,15)16/h2-7H2,1H3,(H,14,15,16)/p-1. The molecule has 0 rings (SSSR count). The van der Waals surface area contributed by atoms with E-state index in [1.54, 1.807) is 6.92 Å². The predicted molar refractivity (Wildman–Crippen MR) is 61.8 cm³/mol. The number of carbonyl (C=O) groups is 1. The lowest BCUT2D eigenvalue weighted by Gasteiger charge is -2.19. The number of alkyl halides is 2. The Kier molecular flexibility index (Phi) is 7.79. The quantitative estimate of drug-likeness (QED) is 0.191. The molecule has 20 heavy (non-hydrogen) atoms. The zero-order valence-electron chi connectivity index (χ0n) is 10.8. The van der Waals surface area contributed by atoms with E-state index in [0.717, 1.165) is 0 Å². The summed E-state index contributed by atoms with van der Waals surface area (Å²) in [4.78, 5) is 11.2. The van der Waals surface area contributed by atoms with Crippen LogP contribution in [0.5, 0.6) is 0 Å². The molecule has 0 amide bonds. The molecule has 0 radical (unpaired) electrons. The first kappa shape index (κ1) is 18.9. The van der Waals surface area contributed by atoms with Crippen LogP contribution < -0.4 is 0 Å². The van der Waals surface area contributed by atoms with Gasteiger partial charge in [0, 0.05) is 13.0 Å². The Labute approximate surface area is 115 Å². The summed E-state index contributed by atoms with van der Waals surface area (Å²) in [5, 5.41) is -4.41. The van der Waals surface area contributed by atoms with Crippen LogP contribution in [0.1, 0.15) is 13.3 Å². The van der Waals surface area contributed by atoms with Gasteiger partial charge in [0.2, 0.25) is 0 Å². The number of hydrogen-bond donors (Lipinski definition) is 0. The van der Waals surface area contributed by atoms with Crippen LogP contribution >= 0.6 is 0 Å². The minimum atomic E-state index is -5.73. The molecule has 0 spiro atoms. The molecule has 10 heteroatoms. The van der Waals surface area contributed by atoms with Crippen molar-refractivity contribution in [2.24, 2.45) is 0 Å². The Hall–Kier alpha value is -1.10. The van der Waals surface area contributed by atoms with Crippen molar-refractivity contribution in [1.29, 1.82) is 0 Å². The van der Waals surface area contributed by atoms with Crippen molar-refractivity contribution in [1.82, 2.24) is 0 Å². The molecule has 0 aromatic rings. The number of carbonyl (C=O) groups excluding carboxylic acids is 1. The smallest absolute Gasteiger partial charge is 0.337 e. The maximum atomic E-state index is 12.7. The van der Waals surface area contributed by atoms with Gasteiger partial charge in [-0.2, -0.15) is 8.78 Å². The predicted octanol–water partition coefficient (Wildman–Crippen LogP) is 0.625. The Morgan fingerprint density at radius 1 is 1.35 bits per heavy atom. The van der Waals surface area contributed by atoms with Crippen LogP contribution in [0.15, 0.2) is 12.2 Å². The highest BCUT2D eigenvalue weighted by molar-refractivity contribution is 7.86. The van der Waals surface area contributed by atoms with Crippen molar-refractivity contribution in [2.75, 3.05) is 26.6 Å². The second kappa shape index (κ2) is 8.25. The van der Waals surface area contributed by atoms with Crippen molar-refractivity contribution in [3.63, 3.8) is 0 Å². The fourth-order valence-electron chi connectivity index (χ4n) is 0.851. The third-order valence-corrected chi connectivity index (χ3v) is 2.88. The van der Waals surface area contributed by atoms with Crippen molar-refractivity contribution in [2.45, 2.75) is 18.6 Å². The Morgan fingerprint density at radius 2 is 1.95 bits per heavy atom. The number of rotatable bonds is 10. The molecule has 0 aliphatic heterocycles. The van der Waals surface area contributed by atoms with Crippen molar-refractivity contribution < 1.29 is 40.8 Å². The maximum Gasteiger partial charge on any atom is 0.337 e. The fourth-order valence-corrected chi connectivity index (χ4v) is 1.18. The summed E-state index contributed by atoms with van der Waals surface area (Å²) >= 11 is 0. The lowest BCUT2D eigenvalue weighted by molar-refractivity contribution is -0.151. The van der Waals surface area contributed by atoms with Crippen LogP contribution in [0.25, 0.3) is 0 Å². The summed E-state index contributed by atoms with van der Waals surface area (Å²) in [6.45, 7) is 3.89. The zero-order chi connectivity index (χ0) is 15.8. The Morgan fingerprint density at radius 3 is 2.45 bits per heavy atom. The lowest BCUT2D eigenvalue weighted by atomic mass is 10.3. The summed E-state index contributed by atoms with van der Waals surface area (Å²) in [5.41, 5.74) is -0.155. The van der Waals surface area contributed by atoms with Crippen LogP contribution in [-0.2, 0) is 29.1 Å². The van der Waals surface area contributed by atoms with Crippen LogP contribution in [0, 0.1) is 0 Å². The average molecular weight is 317 g/mol. The second-order valence-corrected chi connectivity index (χ2v) is 5.05. The van der Waals surface area contributed by atoms with Gasteiger partial charge in [-0.15, -0.1) is 0 Å². The molecule has 0 bridgehead atoms. The third-order valence-electron chi connectivity index (χ3n) is 1.95.